The van der Waals surface area contributed by atoms with Crippen molar-refractivity contribution < 1.29 is 68.3 Å². The molecule has 1 aromatic carbocycles. The third kappa shape index (κ3) is 14.6. The molecular formula is C55H90N6O14. The van der Waals surface area contributed by atoms with E-state index in [0.29, 0.717) is 38.1 Å². The van der Waals surface area contributed by atoms with Gasteiger partial charge in [0.05, 0.1) is 66.1 Å². The van der Waals surface area contributed by atoms with E-state index >= 15 is 0 Å². The van der Waals surface area contributed by atoms with Gasteiger partial charge in [0.25, 0.3) is 0 Å². The lowest BCUT2D eigenvalue weighted by Gasteiger charge is -2.49. The zero-order valence-corrected chi connectivity index (χ0v) is 46.7. The summed E-state index contributed by atoms with van der Waals surface area (Å²) in [4.78, 5) is 22.5. The summed E-state index contributed by atoms with van der Waals surface area (Å²) in [5.74, 6) is -2.10. The Labute approximate surface area is 444 Å². The Morgan fingerprint density at radius 1 is 0.960 bits per heavy atom. The van der Waals surface area contributed by atoms with Gasteiger partial charge in [-0.2, -0.15) is 0 Å². The summed E-state index contributed by atoms with van der Waals surface area (Å²) >= 11 is 0. The van der Waals surface area contributed by atoms with Gasteiger partial charge in [0.15, 0.2) is 24.7 Å². The fraction of sp³-hybridized carbons (Fsp3) is 0.782. The normalized spacial score (nSPS) is 38.5. The highest BCUT2D eigenvalue weighted by atomic mass is 16.7. The van der Waals surface area contributed by atoms with Crippen molar-refractivity contribution >= 4 is 5.97 Å². The predicted octanol–water partition coefficient (Wildman–Crippen LogP) is 4.32. The number of oxazole rings is 1. The lowest BCUT2D eigenvalue weighted by molar-refractivity contribution is -0.318. The van der Waals surface area contributed by atoms with Crippen LogP contribution >= 0.6 is 0 Å². The van der Waals surface area contributed by atoms with Crippen LogP contribution in [0.25, 0.3) is 11.3 Å². The van der Waals surface area contributed by atoms with Crippen molar-refractivity contribution in [3.05, 3.63) is 54.3 Å². The van der Waals surface area contributed by atoms with Gasteiger partial charge in [0, 0.05) is 62.8 Å². The molecule has 0 aliphatic carbocycles. The van der Waals surface area contributed by atoms with E-state index in [9.17, 15) is 35.4 Å². The highest BCUT2D eigenvalue weighted by molar-refractivity contribution is 5.73. The molecule has 3 fully saturated rings. The summed E-state index contributed by atoms with van der Waals surface area (Å²) in [6, 6.07) is 6.90. The number of carbonyl (C=O) groups excluding carboxylic acids is 1. The molecule has 0 amide bonds. The molecule has 3 saturated heterocycles. The summed E-state index contributed by atoms with van der Waals surface area (Å²) in [5.41, 5.74) is -1.68. The van der Waals surface area contributed by atoms with Gasteiger partial charge in [0.2, 0.25) is 0 Å². The Balaban J connectivity index is 1.21. The number of cyclic esters (lactones) is 1. The zero-order valence-electron chi connectivity index (χ0n) is 46.7. The van der Waals surface area contributed by atoms with Gasteiger partial charge in [-0.1, -0.05) is 50.3 Å². The van der Waals surface area contributed by atoms with E-state index in [-0.39, 0.29) is 43.9 Å². The van der Waals surface area contributed by atoms with Gasteiger partial charge in [-0.05, 0) is 113 Å². The van der Waals surface area contributed by atoms with E-state index in [1.165, 1.54) is 26.0 Å². The first kappa shape index (κ1) is 60.7. The van der Waals surface area contributed by atoms with Gasteiger partial charge in [0.1, 0.15) is 30.0 Å². The van der Waals surface area contributed by atoms with Crippen molar-refractivity contribution in [1.29, 1.82) is 0 Å². The first-order chi connectivity index (χ1) is 35.3. The quantitative estimate of drug-likeness (QED) is 0.103. The monoisotopic (exact) mass is 1060 g/mol. The molecule has 3 aromatic rings. The maximum Gasteiger partial charge on any atom is 0.311 e. The standard InChI is InChI=1S/C55H90N6O14/c1-14-44-55(10,68)48(64)36(6)60(12)28-32(2)25-53(8,67)50(34(4)47(35(5)51(66)73-44)74-45-26-54(9,69-13)49(65)37(7)72-45)75-52-46(63)42(24-33(3)71-52)59(11)23-22-40-29-61(58-57-40)41(30-62)17-15-16-38-18-20-39(21-19-38)43-27-56-31-70-43/h18-21,27,29,31-37,41-42,44-50,52,62-65,67-68H,14-17,22-26,28,30H2,1-13H3/t32-,33-,34+,35-,36-,37+,41+,42+,44-,45+,46-,47+,48-,49+,50-,52+,53-,54-,55-/m1/s1. The largest absolute Gasteiger partial charge is 0.459 e. The van der Waals surface area contributed by atoms with E-state index in [4.69, 9.17) is 32.8 Å². The third-order valence-corrected chi connectivity index (χ3v) is 16.6. The molecule has 0 spiro atoms. The Kier molecular flexibility index (Phi) is 21.0. The van der Waals surface area contributed by atoms with E-state index in [1.807, 2.05) is 63.0 Å². The van der Waals surface area contributed by atoms with Crippen LogP contribution < -0.4 is 0 Å². The number of aryl methyl sites for hydroxylation is 1. The molecule has 6 N–H and O–H groups in total. The first-order valence-corrected chi connectivity index (χ1v) is 27.1. The van der Waals surface area contributed by atoms with Gasteiger partial charge < -0.3 is 73.3 Å². The van der Waals surface area contributed by atoms with Crippen LogP contribution in [0.15, 0.2) is 47.5 Å². The van der Waals surface area contributed by atoms with Crippen LogP contribution in [0.2, 0.25) is 0 Å². The molecule has 75 heavy (non-hydrogen) atoms. The van der Waals surface area contributed by atoms with E-state index in [1.54, 1.807) is 52.4 Å². The summed E-state index contributed by atoms with van der Waals surface area (Å²) < 4.78 is 45.5. The van der Waals surface area contributed by atoms with Gasteiger partial charge in [-0.3, -0.25) is 4.79 Å². The van der Waals surface area contributed by atoms with Crippen molar-refractivity contribution in [3.8, 4) is 11.3 Å². The topological polar surface area (TPSA) is 257 Å². The second-order valence-corrected chi connectivity index (χ2v) is 22.9. The Bertz CT molecular complexity index is 2200. The average molecular weight is 1060 g/mol. The van der Waals surface area contributed by atoms with E-state index in [0.717, 1.165) is 24.1 Å². The van der Waals surface area contributed by atoms with E-state index in [2.05, 4.69) is 27.4 Å². The summed E-state index contributed by atoms with van der Waals surface area (Å²) in [7, 11) is 5.27. The molecule has 19 atom stereocenters. The number of aliphatic hydroxyl groups is 6. The highest BCUT2D eigenvalue weighted by Gasteiger charge is 2.53. The van der Waals surface area contributed by atoms with Crippen molar-refractivity contribution in [2.45, 2.75) is 217 Å². The first-order valence-electron chi connectivity index (χ1n) is 27.1. The smallest absolute Gasteiger partial charge is 0.311 e. The second-order valence-electron chi connectivity index (χ2n) is 22.9. The maximum absolute atomic E-state index is 14.5. The number of hydrogen-bond acceptors (Lipinski definition) is 19. The molecule has 0 radical (unpaired) electrons. The highest BCUT2D eigenvalue weighted by Crippen LogP contribution is 2.40. The van der Waals surface area contributed by atoms with Crippen molar-refractivity contribution in [1.82, 2.24) is 29.8 Å². The van der Waals surface area contributed by atoms with Crippen LogP contribution in [0.3, 0.4) is 0 Å². The summed E-state index contributed by atoms with van der Waals surface area (Å²) in [6.07, 6.45) is -1.34. The minimum absolute atomic E-state index is 0.0875. The average Bonchev–Trinajstić information content (AvgIpc) is 4.09. The van der Waals surface area contributed by atoms with Crippen molar-refractivity contribution in [2.24, 2.45) is 17.8 Å². The number of methoxy groups -OCH3 is 1. The molecule has 0 bridgehead atoms. The number of ether oxygens (including phenoxy) is 6. The Morgan fingerprint density at radius 3 is 2.31 bits per heavy atom. The predicted molar refractivity (Wildman–Crippen MR) is 278 cm³/mol. The van der Waals surface area contributed by atoms with Gasteiger partial charge in [-0.25, -0.2) is 9.67 Å². The fourth-order valence-electron chi connectivity index (χ4n) is 11.8. The second kappa shape index (κ2) is 26.0. The third-order valence-electron chi connectivity index (χ3n) is 16.6. The van der Waals surface area contributed by atoms with Crippen LogP contribution in [0.1, 0.15) is 125 Å². The van der Waals surface area contributed by atoms with Crippen LogP contribution in [0.5, 0.6) is 0 Å². The van der Waals surface area contributed by atoms with Crippen LogP contribution in [0.4, 0.5) is 0 Å². The molecule has 5 heterocycles. The SMILES string of the molecule is CC[C@H]1OC(=O)[C@H](C)[C@@H](O[C@H]2C[C@@](C)(OC)[C@@H](O)[C@H](C)O2)[C@H](C)[C@@H](O[C@@H]2O[C@H](C)C[C@H](N(C)CCc3cn([C@H](CO)CCCc4ccc(-c5cnco5)cc4)nn3)[C@H]2O)[C@](C)(O)C[C@@H](C)CN(C)[C@H](C)[C@@H](O)[C@]1(C)O. The molecule has 424 valence electrons. The number of rotatable bonds is 17. The zero-order chi connectivity index (χ0) is 55.2. The lowest BCUT2D eigenvalue weighted by Crippen LogP contribution is -2.61. The molecule has 3 aliphatic heterocycles. The van der Waals surface area contributed by atoms with Gasteiger partial charge in [-0.15, -0.1) is 5.10 Å². The lowest BCUT2D eigenvalue weighted by atomic mass is 9.77. The fourth-order valence-corrected chi connectivity index (χ4v) is 11.8. The molecule has 6 rings (SSSR count). The Morgan fingerprint density at radius 2 is 1.67 bits per heavy atom. The molecule has 0 saturated carbocycles. The number of carbonyl (C=O) groups is 1. The summed E-state index contributed by atoms with van der Waals surface area (Å²) in [6.45, 7) is 18.4. The molecule has 2 aromatic heterocycles. The molecular weight excluding hydrogens is 969 g/mol. The molecule has 3 aliphatic rings. The molecule has 20 nitrogen and oxygen atoms in total. The summed E-state index contributed by atoms with van der Waals surface area (Å²) in [5, 5.41) is 79.0. The van der Waals surface area contributed by atoms with Crippen molar-refractivity contribution in [2.75, 3.05) is 40.9 Å². The van der Waals surface area contributed by atoms with Gasteiger partial charge >= 0.3 is 5.97 Å². The number of nitrogens with zero attached hydrogens (tertiary/aromatic N) is 6. The number of esters is 1. The van der Waals surface area contributed by atoms with Crippen molar-refractivity contribution in [3.63, 3.8) is 0 Å². The minimum Gasteiger partial charge on any atom is -0.459 e. The van der Waals surface area contributed by atoms with Crippen LogP contribution in [-0.4, -0.2) is 198 Å². The maximum atomic E-state index is 14.5. The number of aliphatic hydroxyl groups excluding tert-OH is 4. The Hall–Kier alpha value is -3.48. The van der Waals surface area contributed by atoms with E-state index < -0.39 is 102 Å². The number of likely N-dealkylation sites (N-methyl/N-ethyl adjacent to an activating group) is 2. The van der Waals surface area contributed by atoms with Crippen LogP contribution in [0, 0.1) is 17.8 Å². The molecule has 20 heteroatoms. The van der Waals surface area contributed by atoms with Crippen LogP contribution in [-0.2, 0) is 46.1 Å². The number of aromatic nitrogens is 4. The minimum atomic E-state index is -1.84. The number of benzene rings is 1. The molecule has 0 unspecified atom stereocenters. The number of hydrogen-bond donors (Lipinski definition) is 6.